The molecule has 31 heavy (non-hydrogen) atoms. The number of hydrogen-bond acceptors (Lipinski definition) is 7. The maximum atomic E-state index is 12.3. The number of fused-ring (bicyclic) bond motifs is 1. The van der Waals surface area contributed by atoms with Crippen LogP contribution in [0.3, 0.4) is 0 Å². The molecule has 0 saturated carbocycles. The number of esters is 2. The molecule has 0 atom stereocenters. The van der Waals surface area contributed by atoms with Crippen LogP contribution in [0.1, 0.15) is 33.6 Å². The summed E-state index contributed by atoms with van der Waals surface area (Å²) in [5.41, 5.74) is 3.10. The number of hydrogen-bond donors (Lipinski definition) is 0. The Morgan fingerprint density at radius 2 is 1.71 bits per heavy atom. The third-order valence-electron chi connectivity index (χ3n) is 5.05. The molecule has 3 rings (SSSR count). The van der Waals surface area contributed by atoms with Crippen molar-refractivity contribution in [1.29, 1.82) is 0 Å². The van der Waals surface area contributed by atoms with E-state index in [9.17, 15) is 9.59 Å². The minimum Gasteiger partial charge on any atom is -0.493 e. The molecule has 0 bridgehead atoms. The molecule has 3 aromatic rings. The predicted octanol–water partition coefficient (Wildman–Crippen LogP) is 4.02. The van der Waals surface area contributed by atoms with Gasteiger partial charge in [0.05, 0.1) is 38.1 Å². The summed E-state index contributed by atoms with van der Waals surface area (Å²) in [4.78, 5) is 29.2. The molecule has 2 aromatic carbocycles. The maximum Gasteiger partial charge on any atom is 0.340 e. The number of nitrogens with zero attached hydrogens (tertiary/aromatic N) is 1. The third-order valence-corrected chi connectivity index (χ3v) is 5.05. The standard InChI is InChI=1S/C24H25NO6/c1-15-17-7-5-6-8-18(17)25-19(23(15)24(27)30-4)14-31-22(26)12-10-16-9-11-20(28-2)21(13-16)29-3/h5-9,11,13H,10,12,14H2,1-4H3. The molecule has 0 unspecified atom stereocenters. The summed E-state index contributed by atoms with van der Waals surface area (Å²) < 4.78 is 20.9. The van der Waals surface area contributed by atoms with E-state index in [1.165, 1.54) is 7.11 Å². The first-order chi connectivity index (χ1) is 15.0. The van der Waals surface area contributed by atoms with Crippen LogP contribution >= 0.6 is 0 Å². The minimum absolute atomic E-state index is 0.110. The second-order valence-corrected chi connectivity index (χ2v) is 6.92. The number of carbonyl (C=O) groups excluding carboxylic acids is 2. The van der Waals surface area contributed by atoms with E-state index in [4.69, 9.17) is 18.9 Å². The average Bonchev–Trinajstić information content (AvgIpc) is 2.80. The Kier molecular flexibility index (Phi) is 7.07. The first kappa shape index (κ1) is 22.1. The van der Waals surface area contributed by atoms with Crippen molar-refractivity contribution >= 4 is 22.8 Å². The highest BCUT2D eigenvalue weighted by Gasteiger charge is 2.20. The number of aryl methyl sites for hydroxylation is 2. The van der Waals surface area contributed by atoms with Crippen LogP contribution in [0.2, 0.25) is 0 Å². The zero-order chi connectivity index (χ0) is 22.4. The normalized spacial score (nSPS) is 10.6. The van der Waals surface area contributed by atoms with Crippen molar-refractivity contribution in [2.45, 2.75) is 26.4 Å². The number of ether oxygens (including phenoxy) is 4. The average molecular weight is 423 g/mol. The van der Waals surface area contributed by atoms with Gasteiger partial charge in [0, 0.05) is 11.8 Å². The molecule has 7 heteroatoms. The number of pyridine rings is 1. The molecule has 0 aliphatic heterocycles. The summed E-state index contributed by atoms with van der Waals surface area (Å²) in [6.07, 6.45) is 0.656. The van der Waals surface area contributed by atoms with Gasteiger partial charge in [0.15, 0.2) is 11.5 Å². The Morgan fingerprint density at radius 1 is 0.968 bits per heavy atom. The smallest absolute Gasteiger partial charge is 0.340 e. The molecule has 0 amide bonds. The molecule has 0 fully saturated rings. The van der Waals surface area contributed by atoms with Crippen LogP contribution in [-0.4, -0.2) is 38.3 Å². The van der Waals surface area contributed by atoms with Crippen molar-refractivity contribution in [3.63, 3.8) is 0 Å². The Labute approximate surface area is 180 Å². The molecular formula is C24H25NO6. The topological polar surface area (TPSA) is 84.0 Å². The fraction of sp³-hybridized carbons (Fsp3) is 0.292. The second kappa shape index (κ2) is 9.93. The van der Waals surface area contributed by atoms with Gasteiger partial charge in [-0.15, -0.1) is 0 Å². The van der Waals surface area contributed by atoms with Crippen LogP contribution in [0.15, 0.2) is 42.5 Å². The van der Waals surface area contributed by atoms with Crippen LogP contribution in [0.5, 0.6) is 11.5 Å². The van der Waals surface area contributed by atoms with E-state index in [0.29, 0.717) is 29.2 Å². The lowest BCUT2D eigenvalue weighted by Crippen LogP contribution is -2.14. The molecule has 162 valence electrons. The zero-order valence-electron chi connectivity index (χ0n) is 18.1. The highest BCUT2D eigenvalue weighted by Crippen LogP contribution is 2.28. The Bertz CT molecular complexity index is 1110. The van der Waals surface area contributed by atoms with E-state index in [-0.39, 0.29) is 13.0 Å². The van der Waals surface area contributed by atoms with E-state index in [1.807, 2.05) is 43.3 Å². The van der Waals surface area contributed by atoms with Gasteiger partial charge in [-0.3, -0.25) is 4.79 Å². The lowest BCUT2D eigenvalue weighted by atomic mass is 10.0. The van der Waals surface area contributed by atoms with Crippen molar-refractivity contribution in [3.05, 3.63) is 64.8 Å². The minimum atomic E-state index is -0.507. The van der Waals surface area contributed by atoms with Crippen LogP contribution in [0, 0.1) is 6.92 Å². The first-order valence-corrected chi connectivity index (χ1v) is 9.81. The van der Waals surface area contributed by atoms with Crippen molar-refractivity contribution in [2.24, 2.45) is 0 Å². The lowest BCUT2D eigenvalue weighted by Gasteiger charge is -2.13. The van der Waals surface area contributed by atoms with Gasteiger partial charge in [0.2, 0.25) is 0 Å². The van der Waals surface area contributed by atoms with Gasteiger partial charge in [-0.1, -0.05) is 24.3 Å². The van der Waals surface area contributed by atoms with Crippen molar-refractivity contribution < 1.29 is 28.5 Å². The second-order valence-electron chi connectivity index (χ2n) is 6.92. The van der Waals surface area contributed by atoms with E-state index < -0.39 is 11.9 Å². The molecule has 7 nitrogen and oxygen atoms in total. The summed E-state index contributed by atoms with van der Waals surface area (Å²) >= 11 is 0. The predicted molar refractivity (Wildman–Crippen MR) is 115 cm³/mol. The largest absolute Gasteiger partial charge is 0.493 e. The molecular weight excluding hydrogens is 398 g/mol. The van der Waals surface area contributed by atoms with Gasteiger partial charge in [-0.25, -0.2) is 9.78 Å². The van der Waals surface area contributed by atoms with Gasteiger partial charge < -0.3 is 18.9 Å². The molecule has 0 aliphatic carbocycles. The van der Waals surface area contributed by atoms with Crippen molar-refractivity contribution in [2.75, 3.05) is 21.3 Å². The van der Waals surface area contributed by atoms with Crippen LogP contribution in [0.25, 0.3) is 10.9 Å². The van der Waals surface area contributed by atoms with Gasteiger partial charge in [0.1, 0.15) is 6.61 Å². The number of carbonyl (C=O) groups is 2. The number of rotatable bonds is 8. The molecule has 1 aromatic heterocycles. The lowest BCUT2D eigenvalue weighted by molar-refractivity contribution is -0.145. The third kappa shape index (κ3) is 4.94. The monoisotopic (exact) mass is 423 g/mol. The fourth-order valence-electron chi connectivity index (χ4n) is 3.42. The molecule has 0 saturated heterocycles. The Hall–Kier alpha value is -3.61. The molecule has 0 aliphatic rings. The zero-order valence-corrected chi connectivity index (χ0v) is 18.1. The van der Waals surface area contributed by atoms with Crippen molar-refractivity contribution in [1.82, 2.24) is 4.98 Å². The van der Waals surface area contributed by atoms with E-state index in [2.05, 4.69) is 4.98 Å². The van der Waals surface area contributed by atoms with Gasteiger partial charge in [0.25, 0.3) is 0 Å². The molecule has 0 spiro atoms. The van der Waals surface area contributed by atoms with Crippen molar-refractivity contribution in [3.8, 4) is 11.5 Å². The summed E-state index contributed by atoms with van der Waals surface area (Å²) in [6.45, 7) is 1.72. The number of benzene rings is 2. The van der Waals surface area contributed by atoms with Gasteiger partial charge >= 0.3 is 11.9 Å². The number of para-hydroxylation sites is 1. The van der Waals surface area contributed by atoms with E-state index >= 15 is 0 Å². The molecule has 0 N–H and O–H groups in total. The summed E-state index contributed by atoms with van der Waals surface area (Å²) in [7, 11) is 4.45. The SMILES string of the molecule is COC(=O)c1c(COC(=O)CCc2ccc(OC)c(OC)c2)nc2ccccc2c1C. The number of methoxy groups -OCH3 is 3. The summed E-state index contributed by atoms with van der Waals surface area (Å²) in [6, 6.07) is 13.0. The van der Waals surface area contributed by atoms with Crippen LogP contribution in [-0.2, 0) is 27.3 Å². The Morgan fingerprint density at radius 3 is 2.42 bits per heavy atom. The highest BCUT2D eigenvalue weighted by atomic mass is 16.5. The fourth-order valence-corrected chi connectivity index (χ4v) is 3.42. The quantitative estimate of drug-likeness (QED) is 0.506. The highest BCUT2D eigenvalue weighted by molar-refractivity contribution is 5.98. The molecule has 1 heterocycles. The van der Waals surface area contributed by atoms with E-state index in [1.54, 1.807) is 20.3 Å². The van der Waals surface area contributed by atoms with E-state index in [0.717, 1.165) is 22.0 Å². The van der Waals surface area contributed by atoms with Gasteiger partial charge in [-0.05, 0) is 42.7 Å². The van der Waals surface area contributed by atoms with Crippen LogP contribution in [0.4, 0.5) is 0 Å². The van der Waals surface area contributed by atoms with Gasteiger partial charge in [-0.2, -0.15) is 0 Å². The Balaban J connectivity index is 1.72. The van der Waals surface area contributed by atoms with Crippen LogP contribution < -0.4 is 9.47 Å². The summed E-state index contributed by atoms with van der Waals surface area (Å²) in [5, 5.41) is 0.853. The first-order valence-electron chi connectivity index (χ1n) is 9.81. The maximum absolute atomic E-state index is 12.3. The summed E-state index contributed by atoms with van der Waals surface area (Å²) in [5.74, 6) is 0.333. The molecule has 0 radical (unpaired) electrons. The number of aromatic nitrogens is 1.